The van der Waals surface area contributed by atoms with Crippen molar-refractivity contribution in [1.82, 2.24) is 4.90 Å². The third kappa shape index (κ3) is 4.50. The number of rotatable bonds is 7. The van der Waals surface area contributed by atoms with Crippen LogP contribution >= 0.6 is 0 Å². The first kappa shape index (κ1) is 22.0. The summed E-state index contributed by atoms with van der Waals surface area (Å²) in [5.74, 6) is 1.65. The molecule has 0 amide bonds. The quantitative estimate of drug-likeness (QED) is 0.403. The van der Waals surface area contributed by atoms with Crippen LogP contribution in [-0.4, -0.2) is 51.3 Å². The van der Waals surface area contributed by atoms with Crippen molar-refractivity contribution >= 4 is 16.7 Å². The number of benzene rings is 3. The summed E-state index contributed by atoms with van der Waals surface area (Å²) < 4.78 is 17.7. The zero-order valence-corrected chi connectivity index (χ0v) is 19.3. The minimum atomic E-state index is -0.137. The molecule has 0 unspecified atom stereocenters. The molecule has 6 nitrogen and oxygen atoms in total. The summed E-state index contributed by atoms with van der Waals surface area (Å²) in [7, 11) is 1.71. The van der Waals surface area contributed by atoms with Crippen LogP contribution in [0.15, 0.2) is 88.1 Å². The smallest absolute Gasteiger partial charge is 0.235 e. The molecule has 1 aliphatic heterocycles. The Morgan fingerprint density at radius 1 is 0.853 bits per heavy atom. The lowest BCUT2D eigenvalue weighted by molar-refractivity contribution is 0.198. The van der Waals surface area contributed by atoms with Crippen molar-refractivity contribution in [2.75, 3.05) is 51.3 Å². The lowest BCUT2D eigenvalue weighted by Gasteiger charge is -2.36. The Balaban J connectivity index is 1.28. The van der Waals surface area contributed by atoms with E-state index in [4.69, 9.17) is 13.9 Å². The molecule has 1 saturated heterocycles. The fourth-order valence-electron chi connectivity index (χ4n) is 4.42. The number of anilines is 1. The highest BCUT2D eigenvalue weighted by Gasteiger charge is 2.21. The molecule has 1 aromatic heterocycles. The van der Waals surface area contributed by atoms with Gasteiger partial charge in [-0.05, 0) is 24.3 Å². The first-order valence-corrected chi connectivity index (χ1v) is 11.6. The number of hydrogen-bond acceptors (Lipinski definition) is 6. The van der Waals surface area contributed by atoms with E-state index in [0.29, 0.717) is 23.3 Å². The summed E-state index contributed by atoms with van der Waals surface area (Å²) in [6.45, 7) is 4.80. The molecule has 0 saturated carbocycles. The van der Waals surface area contributed by atoms with Gasteiger partial charge in [0.1, 0.15) is 17.9 Å². The Bertz CT molecular complexity index is 1310. The zero-order valence-electron chi connectivity index (χ0n) is 19.3. The maximum Gasteiger partial charge on any atom is 0.235 e. The van der Waals surface area contributed by atoms with Crippen molar-refractivity contribution in [1.29, 1.82) is 0 Å². The van der Waals surface area contributed by atoms with E-state index >= 15 is 0 Å². The van der Waals surface area contributed by atoms with Gasteiger partial charge in [0.15, 0.2) is 5.76 Å². The van der Waals surface area contributed by atoms with Crippen LogP contribution in [-0.2, 0) is 0 Å². The fourth-order valence-corrected chi connectivity index (χ4v) is 4.42. The highest BCUT2D eigenvalue weighted by molar-refractivity contribution is 5.81. The largest absolute Gasteiger partial charge is 0.495 e. The Morgan fingerprint density at radius 3 is 2.35 bits per heavy atom. The number of piperazine rings is 1. The summed E-state index contributed by atoms with van der Waals surface area (Å²) in [6.07, 6.45) is 0. The molecule has 0 bridgehead atoms. The van der Waals surface area contributed by atoms with E-state index in [2.05, 4.69) is 15.9 Å². The minimum Gasteiger partial charge on any atom is -0.495 e. The van der Waals surface area contributed by atoms with Crippen molar-refractivity contribution in [3.8, 4) is 22.8 Å². The second-order valence-corrected chi connectivity index (χ2v) is 8.30. The predicted octanol–water partition coefficient (Wildman–Crippen LogP) is 4.67. The first-order valence-electron chi connectivity index (χ1n) is 11.6. The summed E-state index contributed by atoms with van der Waals surface area (Å²) in [5, 5.41) is 0.530. The van der Waals surface area contributed by atoms with Crippen LogP contribution in [0, 0.1) is 0 Å². The van der Waals surface area contributed by atoms with Crippen LogP contribution in [0.4, 0.5) is 5.69 Å². The number of fused-ring (bicyclic) bond motifs is 1. The molecular formula is C28H28N2O4. The lowest BCUT2D eigenvalue weighted by Crippen LogP contribution is -2.47. The molecule has 0 aliphatic carbocycles. The van der Waals surface area contributed by atoms with E-state index < -0.39 is 0 Å². The van der Waals surface area contributed by atoms with Gasteiger partial charge in [0.25, 0.3) is 0 Å². The van der Waals surface area contributed by atoms with Crippen LogP contribution in [0.25, 0.3) is 22.3 Å². The number of nitrogens with zero attached hydrogens (tertiary/aromatic N) is 2. The summed E-state index contributed by atoms with van der Waals surface area (Å²) in [4.78, 5) is 18.0. The molecule has 1 aliphatic rings. The highest BCUT2D eigenvalue weighted by atomic mass is 16.5. The van der Waals surface area contributed by atoms with E-state index in [-0.39, 0.29) is 11.2 Å². The normalized spacial score (nSPS) is 14.3. The van der Waals surface area contributed by atoms with E-state index in [1.807, 2.05) is 66.7 Å². The molecule has 1 fully saturated rings. The summed E-state index contributed by atoms with van der Waals surface area (Å²) >= 11 is 0. The fraction of sp³-hybridized carbons (Fsp3) is 0.250. The van der Waals surface area contributed by atoms with Gasteiger partial charge in [0.2, 0.25) is 11.2 Å². The molecule has 0 N–H and O–H groups in total. The van der Waals surface area contributed by atoms with Gasteiger partial charge in [0, 0.05) is 38.3 Å². The van der Waals surface area contributed by atoms with E-state index in [1.165, 1.54) is 0 Å². The first-order chi connectivity index (χ1) is 16.7. The van der Waals surface area contributed by atoms with Gasteiger partial charge in [-0.25, -0.2) is 0 Å². The Morgan fingerprint density at radius 2 is 1.56 bits per heavy atom. The maximum atomic E-state index is 13.2. The lowest BCUT2D eigenvalue weighted by atomic mass is 10.1. The molecule has 6 heteroatoms. The zero-order chi connectivity index (χ0) is 23.3. The number of hydrogen-bond donors (Lipinski definition) is 0. The predicted molar refractivity (Wildman–Crippen MR) is 135 cm³/mol. The maximum absolute atomic E-state index is 13.2. The van der Waals surface area contributed by atoms with Crippen LogP contribution in [0.3, 0.4) is 0 Å². The molecule has 0 atom stereocenters. The number of methoxy groups -OCH3 is 1. The summed E-state index contributed by atoms with van der Waals surface area (Å²) in [5.41, 5.74) is 2.38. The molecule has 2 heterocycles. The Labute approximate surface area is 198 Å². The standard InChI is InChI=1S/C28H28N2O4/c1-32-25-14-8-6-12-23(25)30-17-15-29(16-18-30)19-20-33-28-26(31)22-11-5-7-13-24(22)34-27(28)21-9-3-2-4-10-21/h2-14H,15-20H2,1H3. The molecule has 4 aromatic rings. The van der Waals surface area contributed by atoms with Crippen LogP contribution in [0.2, 0.25) is 0 Å². The van der Waals surface area contributed by atoms with Crippen LogP contribution in [0.1, 0.15) is 0 Å². The Kier molecular flexibility index (Phi) is 6.49. The second-order valence-electron chi connectivity index (χ2n) is 8.30. The third-order valence-corrected chi connectivity index (χ3v) is 6.24. The second kappa shape index (κ2) is 10.0. The average Bonchev–Trinajstić information content (AvgIpc) is 2.90. The SMILES string of the molecule is COc1ccccc1N1CCN(CCOc2c(-c3ccccc3)oc3ccccc3c2=O)CC1. The van der Waals surface area contributed by atoms with Gasteiger partial charge in [0.05, 0.1) is 18.2 Å². The van der Waals surface area contributed by atoms with Gasteiger partial charge in [-0.15, -0.1) is 0 Å². The minimum absolute atomic E-state index is 0.137. The van der Waals surface area contributed by atoms with E-state index in [1.54, 1.807) is 13.2 Å². The van der Waals surface area contributed by atoms with Crippen LogP contribution in [0.5, 0.6) is 11.5 Å². The van der Waals surface area contributed by atoms with E-state index in [9.17, 15) is 4.79 Å². The van der Waals surface area contributed by atoms with Gasteiger partial charge >= 0.3 is 0 Å². The molecule has 3 aromatic carbocycles. The van der Waals surface area contributed by atoms with Crippen molar-refractivity contribution in [3.05, 3.63) is 89.1 Å². The molecule has 5 rings (SSSR count). The molecule has 174 valence electrons. The monoisotopic (exact) mass is 456 g/mol. The molecule has 0 radical (unpaired) electrons. The number of ether oxygens (including phenoxy) is 2. The van der Waals surface area contributed by atoms with Gasteiger partial charge in [-0.3, -0.25) is 9.69 Å². The van der Waals surface area contributed by atoms with Gasteiger partial charge in [-0.2, -0.15) is 0 Å². The topological polar surface area (TPSA) is 55.1 Å². The van der Waals surface area contributed by atoms with Crippen molar-refractivity contribution in [2.45, 2.75) is 0 Å². The van der Waals surface area contributed by atoms with Crippen LogP contribution < -0.4 is 19.8 Å². The number of para-hydroxylation sites is 3. The van der Waals surface area contributed by atoms with Crippen molar-refractivity contribution < 1.29 is 13.9 Å². The van der Waals surface area contributed by atoms with E-state index in [0.717, 1.165) is 49.7 Å². The van der Waals surface area contributed by atoms with Gasteiger partial charge < -0.3 is 18.8 Å². The van der Waals surface area contributed by atoms with Crippen molar-refractivity contribution in [2.24, 2.45) is 0 Å². The highest BCUT2D eigenvalue weighted by Crippen LogP contribution is 2.31. The molecular weight excluding hydrogens is 428 g/mol. The third-order valence-electron chi connectivity index (χ3n) is 6.24. The molecule has 0 spiro atoms. The Hall–Kier alpha value is -3.77. The average molecular weight is 457 g/mol. The summed E-state index contributed by atoms with van der Waals surface area (Å²) in [6, 6.07) is 25.1. The molecule has 34 heavy (non-hydrogen) atoms. The van der Waals surface area contributed by atoms with Crippen molar-refractivity contribution in [3.63, 3.8) is 0 Å². The van der Waals surface area contributed by atoms with Gasteiger partial charge in [-0.1, -0.05) is 54.6 Å².